The first-order valence-electron chi connectivity index (χ1n) is 8.55. The van der Waals surface area contributed by atoms with Crippen LogP contribution < -0.4 is 4.74 Å². The van der Waals surface area contributed by atoms with Crippen molar-refractivity contribution in [2.24, 2.45) is 0 Å². The van der Waals surface area contributed by atoms with Gasteiger partial charge in [-0.1, -0.05) is 23.9 Å². The van der Waals surface area contributed by atoms with E-state index in [0.717, 1.165) is 21.5 Å². The quantitative estimate of drug-likeness (QED) is 0.264. The molecule has 0 bridgehead atoms. The number of benzene rings is 2. The van der Waals surface area contributed by atoms with E-state index in [0.29, 0.717) is 16.0 Å². The fourth-order valence-corrected chi connectivity index (χ4v) is 4.27. The number of H-pyrrole nitrogens is 1. The molecule has 2 aromatic heterocycles. The molecule has 0 aliphatic carbocycles. The molecule has 0 spiro atoms. The van der Waals surface area contributed by atoms with Crippen LogP contribution in [0.3, 0.4) is 0 Å². The van der Waals surface area contributed by atoms with Gasteiger partial charge in [0.15, 0.2) is 5.82 Å². The molecule has 29 heavy (non-hydrogen) atoms. The maximum Gasteiger partial charge on any atom is 0.209 e. The highest BCUT2D eigenvalue weighted by molar-refractivity contribution is 7.99. The topological polar surface area (TPSA) is 108 Å². The van der Waals surface area contributed by atoms with Crippen molar-refractivity contribution in [3.8, 4) is 23.2 Å². The summed E-state index contributed by atoms with van der Waals surface area (Å²) in [4.78, 5) is 8.87. The lowest BCUT2D eigenvalue weighted by atomic mass is 10.2. The van der Waals surface area contributed by atoms with E-state index in [4.69, 9.17) is 4.74 Å². The second kappa shape index (κ2) is 8.34. The SMILES string of the molecule is COc1ccc(-c2nc(SCC(O)=C(C#N)c3nc4ccccc4s3)n[nH]2)cc1. The Hall–Kier alpha value is -3.35. The third kappa shape index (κ3) is 4.08. The number of nitrogens with zero attached hydrogens (tertiary/aromatic N) is 4. The van der Waals surface area contributed by atoms with Crippen molar-refractivity contribution < 1.29 is 9.84 Å². The first-order chi connectivity index (χ1) is 14.2. The summed E-state index contributed by atoms with van der Waals surface area (Å²) >= 11 is 2.61. The van der Waals surface area contributed by atoms with Crippen LogP contribution in [0.4, 0.5) is 0 Å². The molecule has 9 heteroatoms. The molecular weight excluding hydrogens is 406 g/mol. The number of thiazole rings is 1. The predicted molar refractivity (Wildman–Crippen MR) is 114 cm³/mol. The molecule has 0 saturated heterocycles. The van der Waals surface area contributed by atoms with Crippen molar-refractivity contribution in [3.63, 3.8) is 0 Å². The lowest BCUT2D eigenvalue weighted by Crippen LogP contribution is -1.93. The van der Waals surface area contributed by atoms with Gasteiger partial charge in [0.1, 0.15) is 28.2 Å². The van der Waals surface area contributed by atoms with Crippen LogP contribution in [0.5, 0.6) is 5.75 Å². The Kier molecular flexibility index (Phi) is 5.46. The second-order valence-corrected chi connectivity index (χ2v) is 7.88. The molecule has 2 aromatic carbocycles. The second-order valence-electron chi connectivity index (χ2n) is 5.90. The minimum absolute atomic E-state index is 0.0487. The van der Waals surface area contributed by atoms with Gasteiger partial charge in [-0.3, -0.25) is 5.10 Å². The summed E-state index contributed by atoms with van der Waals surface area (Å²) in [7, 11) is 1.61. The highest BCUT2D eigenvalue weighted by Gasteiger charge is 2.15. The number of para-hydroxylation sites is 1. The van der Waals surface area contributed by atoms with E-state index in [9.17, 15) is 10.4 Å². The Balaban J connectivity index is 1.50. The number of rotatable bonds is 6. The summed E-state index contributed by atoms with van der Waals surface area (Å²) in [6.45, 7) is 0. The molecule has 0 aliphatic rings. The summed E-state index contributed by atoms with van der Waals surface area (Å²) in [5.74, 6) is 1.49. The van der Waals surface area contributed by atoms with Crippen LogP contribution in [0, 0.1) is 11.3 Å². The summed E-state index contributed by atoms with van der Waals surface area (Å²) < 4.78 is 6.12. The molecule has 2 heterocycles. The zero-order chi connectivity index (χ0) is 20.2. The fraction of sp³-hybridized carbons (Fsp3) is 0.100. The van der Waals surface area contributed by atoms with E-state index in [1.807, 2.05) is 48.5 Å². The molecule has 0 radical (unpaired) electrons. The number of methoxy groups -OCH3 is 1. The van der Waals surface area contributed by atoms with Crippen molar-refractivity contribution >= 4 is 38.9 Å². The maximum atomic E-state index is 10.5. The number of thioether (sulfide) groups is 1. The van der Waals surface area contributed by atoms with E-state index in [1.54, 1.807) is 7.11 Å². The average molecular weight is 422 g/mol. The van der Waals surface area contributed by atoms with Gasteiger partial charge in [-0.05, 0) is 36.4 Å². The Morgan fingerprint density at radius 1 is 1.21 bits per heavy atom. The normalized spacial score (nSPS) is 11.9. The molecule has 0 fully saturated rings. The smallest absolute Gasteiger partial charge is 0.209 e. The summed E-state index contributed by atoms with van der Waals surface area (Å²) in [5, 5.41) is 28.0. The molecule has 0 unspecified atom stereocenters. The van der Waals surface area contributed by atoms with Crippen LogP contribution in [0.25, 0.3) is 27.2 Å². The number of fused-ring (bicyclic) bond motifs is 1. The number of aromatic nitrogens is 4. The number of nitrogens with one attached hydrogen (secondary N) is 1. The van der Waals surface area contributed by atoms with Crippen LogP contribution in [0.1, 0.15) is 5.01 Å². The number of ether oxygens (including phenoxy) is 1. The molecule has 4 aromatic rings. The monoisotopic (exact) mass is 421 g/mol. The van der Waals surface area contributed by atoms with E-state index in [2.05, 4.69) is 26.2 Å². The number of aliphatic hydroxyl groups excluding tert-OH is 1. The molecule has 2 N–H and O–H groups in total. The van der Waals surface area contributed by atoms with E-state index in [-0.39, 0.29) is 17.1 Å². The number of aliphatic hydroxyl groups is 1. The zero-order valence-corrected chi connectivity index (χ0v) is 16.9. The Bertz CT molecular complexity index is 1190. The summed E-state index contributed by atoms with van der Waals surface area (Å²) in [6, 6.07) is 17.1. The summed E-state index contributed by atoms with van der Waals surface area (Å²) in [6.07, 6.45) is 0. The van der Waals surface area contributed by atoms with Crippen LogP contribution in [-0.2, 0) is 0 Å². The minimum Gasteiger partial charge on any atom is -0.510 e. The zero-order valence-electron chi connectivity index (χ0n) is 15.3. The predicted octanol–water partition coefficient (Wildman–Crippen LogP) is 4.67. The number of nitriles is 1. The highest BCUT2D eigenvalue weighted by Crippen LogP contribution is 2.30. The average Bonchev–Trinajstić information content (AvgIpc) is 3.40. The molecule has 0 saturated carbocycles. The van der Waals surface area contributed by atoms with Gasteiger partial charge in [-0.25, -0.2) is 9.97 Å². The van der Waals surface area contributed by atoms with Gasteiger partial charge in [-0.15, -0.1) is 16.4 Å². The van der Waals surface area contributed by atoms with E-state index < -0.39 is 0 Å². The summed E-state index contributed by atoms with van der Waals surface area (Å²) in [5.41, 5.74) is 1.85. The Morgan fingerprint density at radius 3 is 2.72 bits per heavy atom. The Labute approximate surface area is 174 Å². The number of hydrogen-bond donors (Lipinski definition) is 2. The fourth-order valence-electron chi connectivity index (χ4n) is 2.61. The first-order valence-corrected chi connectivity index (χ1v) is 10.4. The lowest BCUT2D eigenvalue weighted by molar-refractivity contribution is 0.415. The van der Waals surface area contributed by atoms with Gasteiger partial charge < -0.3 is 9.84 Å². The van der Waals surface area contributed by atoms with Gasteiger partial charge >= 0.3 is 0 Å². The van der Waals surface area contributed by atoms with E-state index >= 15 is 0 Å². The maximum absolute atomic E-state index is 10.5. The van der Waals surface area contributed by atoms with Crippen LogP contribution in [0.2, 0.25) is 0 Å². The molecular formula is C20H15N5O2S2. The first kappa shape index (κ1) is 19.0. The molecule has 0 atom stereocenters. The van der Waals surface area contributed by atoms with Gasteiger partial charge in [0, 0.05) is 5.56 Å². The standard InChI is InChI=1S/C20H15N5O2S2/c1-27-13-8-6-12(7-9-13)18-23-20(25-24-18)28-11-16(26)14(10-21)19-22-15-4-2-3-5-17(15)29-19/h2-9,26H,11H2,1H3,(H,23,24,25). The minimum atomic E-state index is -0.0487. The third-order valence-corrected chi connectivity index (χ3v) is 5.99. The van der Waals surface area contributed by atoms with Gasteiger partial charge in [0.25, 0.3) is 0 Å². The molecule has 0 amide bonds. The van der Waals surface area contributed by atoms with Crippen molar-refractivity contribution in [2.45, 2.75) is 5.16 Å². The van der Waals surface area contributed by atoms with Crippen LogP contribution in [0.15, 0.2) is 59.4 Å². The molecule has 144 valence electrons. The van der Waals surface area contributed by atoms with Crippen molar-refractivity contribution in [1.82, 2.24) is 20.2 Å². The van der Waals surface area contributed by atoms with Gasteiger partial charge in [0.2, 0.25) is 5.16 Å². The molecule has 4 rings (SSSR count). The lowest BCUT2D eigenvalue weighted by Gasteiger charge is -2.00. The van der Waals surface area contributed by atoms with Crippen molar-refractivity contribution in [1.29, 1.82) is 5.26 Å². The van der Waals surface area contributed by atoms with Crippen LogP contribution in [-0.4, -0.2) is 38.1 Å². The van der Waals surface area contributed by atoms with Crippen LogP contribution >= 0.6 is 23.1 Å². The largest absolute Gasteiger partial charge is 0.510 e. The third-order valence-electron chi connectivity index (χ3n) is 4.07. The van der Waals surface area contributed by atoms with E-state index in [1.165, 1.54) is 23.1 Å². The highest BCUT2D eigenvalue weighted by atomic mass is 32.2. The molecule has 0 aliphatic heterocycles. The number of allylic oxidation sites excluding steroid dienone is 1. The molecule has 7 nitrogen and oxygen atoms in total. The number of aromatic amines is 1. The van der Waals surface area contributed by atoms with Gasteiger partial charge in [0.05, 0.1) is 23.1 Å². The van der Waals surface area contributed by atoms with Crippen molar-refractivity contribution in [2.75, 3.05) is 12.9 Å². The van der Waals surface area contributed by atoms with Crippen molar-refractivity contribution in [3.05, 3.63) is 59.3 Å². The Morgan fingerprint density at radius 2 is 2.00 bits per heavy atom. The number of hydrogen-bond acceptors (Lipinski definition) is 8. The van der Waals surface area contributed by atoms with Gasteiger partial charge in [-0.2, -0.15) is 5.26 Å².